The molecule has 2 N–H and O–H groups in total. The lowest BCUT2D eigenvalue weighted by atomic mass is 10.1. The van der Waals surface area contributed by atoms with Crippen molar-refractivity contribution in [3.63, 3.8) is 0 Å². The second-order valence-electron chi connectivity index (χ2n) is 4.29. The summed E-state index contributed by atoms with van der Waals surface area (Å²) in [6.07, 6.45) is 1.63. The molecule has 2 heterocycles. The Morgan fingerprint density at radius 3 is 2.95 bits per heavy atom. The van der Waals surface area contributed by atoms with Crippen molar-refractivity contribution in [1.82, 2.24) is 19.9 Å². The molecule has 3 aromatic rings. The van der Waals surface area contributed by atoms with Crippen LogP contribution in [0.3, 0.4) is 0 Å². The Hall–Kier alpha value is -2.18. The molecule has 8 heteroatoms. The molecule has 1 amide bonds. The van der Waals surface area contributed by atoms with E-state index in [1.165, 1.54) is 6.33 Å². The van der Waals surface area contributed by atoms with Gasteiger partial charge in [-0.2, -0.15) is 9.97 Å². The Labute approximate surface area is 129 Å². The molecule has 0 saturated carbocycles. The number of nitrogens with zero attached hydrogens (tertiary/aromatic N) is 3. The van der Waals surface area contributed by atoms with Crippen LogP contribution >= 0.6 is 23.2 Å². The molecule has 0 unspecified atom stereocenters. The van der Waals surface area contributed by atoms with Crippen molar-refractivity contribution in [3.05, 3.63) is 46.3 Å². The number of carbonyl (C=O) groups excluding carboxylic acids is 1. The number of nitrogens with one attached hydrogen (secondary N) is 2. The Kier molecular flexibility index (Phi) is 3.72. The number of imidazole rings is 1. The first kappa shape index (κ1) is 13.8. The molecule has 21 heavy (non-hydrogen) atoms. The fraction of sp³-hybridized carbons (Fsp3) is 0.0769. The highest BCUT2D eigenvalue weighted by Gasteiger charge is 2.11. The summed E-state index contributed by atoms with van der Waals surface area (Å²) >= 11 is 11.9. The van der Waals surface area contributed by atoms with Crippen molar-refractivity contribution in [3.8, 4) is 0 Å². The number of hydrogen-bond acceptors (Lipinski definition) is 4. The summed E-state index contributed by atoms with van der Waals surface area (Å²) in [5, 5.41) is 3.38. The van der Waals surface area contributed by atoms with Crippen LogP contribution in [0.5, 0.6) is 0 Å². The molecule has 0 aliphatic carbocycles. The topological polar surface area (TPSA) is 83.6 Å². The first-order chi connectivity index (χ1) is 10.1. The van der Waals surface area contributed by atoms with Gasteiger partial charge in [0.15, 0.2) is 10.8 Å². The summed E-state index contributed by atoms with van der Waals surface area (Å²) in [6.45, 7) is 0. The maximum absolute atomic E-state index is 12.0. The van der Waals surface area contributed by atoms with Crippen LogP contribution in [0, 0.1) is 0 Å². The highest BCUT2D eigenvalue weighted by molar-refractivity contribution is 6.33. The van der Waals surface area contributed by atoms with Gasteiger partial charge >= 0.3 is 0 Å². The second-order valence-corrected chi connectivity index (χ2v) is 5.09. The average Bonchev–Trinajstić information content (AvgIpc) is 2.87. The minimum atomic E-state index is -0.261. The summed E-state index contributed by atoms with van der Waals surface area (Å²) in [4.78, 5) is 26.9. The molecule has 0 spiro atoms. The van der Waals surface area contributed by atoms with E-state index in [4.69, 9.17) is 23.2 Å². The van der Waals surface area contributed by atoms with Gasteiger partial charge < -0.3 is 4.98 Å². The smallest absolute Gasteiger partial charge is 0.233 e. The third kappa shape index (κ3) is 3.12. The van der Waals surface area contributed by atoms with Crippen LogP contribution in [-0.2, 0) is 11.2 Å². The van der Waals surface area contributed by atoms with E-state index in [2.05, 4.69) is 25.3 Å². The predicted octanol–water partition coefficient (Wildman–Crippen LogP) is 2.84. The number of anilines is 1. The van der Waals surface area contributed by atoms with Crippen LogP contribution < -0.4 is 5.32 Å². The number of aromatic amines is 1. The van der Waals surface area contributed by atoms with E-state index in [1.54, 1.807) is 18.2 Å². The average molecular weight is 322 g/mol. The lowest BCUT2D eigenvalue weighted by Gasteiger charge is -2.04. The van der Waals surface area contributed by atoms with E-state index in [1.807, 2.05) is 6.07 Å². The van der Waals surface area contributed by atoms with Crippen molar-refractivity contribution in [2.24, 2.45) is 0 Å². The number of aromatic nitrogens is 4. The molecule has 0 bridgehead atoms. The van der Waals surface area contributed by atoms with Gasteiger partial charge in [0.05, 0.1) is 12.7 Å². The molecule has 6 nitrogen and oxygen atoms in total. The number of benzene rings is 1. The van der Waals surface area contributed by atoms with Crippen LogP contribution in [0.2, 0.25) is 10.2 Å². The highest BCUT2D eigenvalue weighted by Crippen LogP contribution is 2.18. The van der Waals surface area contributed by atoms with Crippen molar-refractivity contribution in [1.29, 1.82) is 0 Å². The number of rotatable bonds is 3. The first-order valence-electron chi connectivity index (χ1n) is 6.03. The summed E-state index contributed by atoms with van der Waals surface area (Å²) < 4.78 is 0. The quantitative estimate of drug-likeness (QED) is 0.726. The monoisotopic (exact) mass is 321 g/mol. The fourth-order valence-corrected chi connectivity index (χ4v) is 2.29. The second kappa shape index (κ2) is 5.67. The van der Waals surface area contributed by atoms with E-state index in [0.717, 1.165) is 5.56 Å². The molecule has 0 aliphatic heterocycles. The number of fused-ring (bicyclic) bond motifs is 1. The van der Waals surface area contributed by atoms with Crippen LogP contribution in [0.15, 0.2) is 30.6 Å². The van der Waals surface area contributed by atoms with Gasteiger partial charge in [0.1, 0.15) is 5.52 Å². The Morgan fingerprint density at radius 1 is 1.29 bits per heavy atom. The molecule has 3 rings (SSSR count). The van der Waals surface area contributed by atoms with Gasteiger partial charge in [-0.05, 0) is 17.7 Å². The Balaban J connectivity index is 1.77. The van der Waals surface area contributed by atoms with Crippen molar-refractivity contribution >= 4 is 46.2 Å². The summed E-state index contributed by atoms with van der Waals surface area (Å²) in [6, 6.07) is 7.08. The zero-order valence-corrected chi connectivity index (χ0v) is 12.1. The standard InChI is InChI=1S/C13H9Cl2N5O/c14-8-3-1-2-7(4-8)5-9(21)18-13-19-11(15)10-12(20-13)17-6-16-10/h1-4,6H,5H2,(H2,16,17,18,19,20,21). The van der Waals surface area contributed by atoms with E-state index in [0.29, 0.717) is 16.2 Å². The molecular weight excluding hydrogens is 313 g/mol. The molecule has 0 saturated heterocycles. The van der Waals surface area contributed by atoms with E-state index in [-0.39, 0.29) is 23.4 Å². The van der Waals surface area contributed by atoms with Crippen LogP contribution in [-0.4, -0.2) is 25.8 Å². The normalized spacial score (nSPS) is 10.8. The molecule has 1 aromatic carbocycles. The number of carbonyl (C=O) groups is 1. The van der Waals surface area contributed by atoms with Gasteiger partial charge in [-0.1, -0.05) is 35.3 Å². The highest BCUT2D eigenvalue weighted by atomic mass is 35.5. The van der Waals surface area contributed by atoms with Crippen molar-refractivity contribution in [2.45, 2.75) is 6.42 Å². The molecule has 2 aromatic heterocycles. The van der Waals surface area contributed by atoms with Crippen molar-refractivity contribution in [2.75, 3.05) is 5.32 Å². The number of hydrogen-bond donors (Lipinski definition) is 2. The SMILES string of the molecule is O=C(Cc1cccc(Cl)c1)Nc1nc(Cl)c2[nH]cnc2n1. The molecule has 0 aliphatic rings. The number of amides is 1. The Morgan fingerprint density at radius 2 is 2.14 bits per heavy atom. The van der Waals surface area contributed by atoms with Gasteiger partial charge in [0, 0.05) is 5.02 Å². The summed E-state index contributed by atoms with van der Waals surface area (Å²) in [5.74, 6) is -0.144. The van der Waals surface area contributed by atoms with Crippen LogP contribution in [0.4, 0.5) is 5.95 Å². The molecular formula is C13H9Cl2N5O. The molecule has 106 valence electrons. The number of halogens is 2. The Bertz CT molecular complexity index is 817. The van der Waals surface area contributed by atoms with Gasteiger partial charge in [-0.15, -0.1) is 0 Å². The van der Waals surface area contributed by atoms with E-state index >= 15 is 0 Å². The van der Waals surface area contributed by atoms with Gasteiger partial charge in [-0.25, -0.2) is 4.98 Å². The van der Waals surface area contributed by atoms with Crippen LogP contribution in [0.25, 0.3) is 11.2 Å². The predicted molar refractivity (Wildman–Crippen MR) is 80.5 cm³/mol. The van der Waals surface area contributed by atoms with E-state index in [9.17, 15) is 4.79 Å². The molecule has 0 radical (unpaired) electrons. The molecule has 0 fully saturated rings. The summed E-state index contributed by atoms with van der Waals surface area (Å²) in [7, 11) is 0. The first-order valence-corrected chi connectivity index (χ1v) is 6.78. The third-order valence-electron chi connectivity index (χ3n) is 2.75. The lowest BCUT2D eigenvalue weighted by molar-refractivity contribution is -0.115. The van der Waals surface area contributed by atoms with Gasteiger partial charge in [0.25, 0.3) is 0 Å². The van der Waals surface area contributed by atoms with E-state index < -0.39 is 0 Å². The largest absolute Gasteiger partial charge is 0.341 e. The fourth-order valence-electron chi connectivity index (χ4n) is 1.85. The van der Waals surface area contributed by atoms with Gasteiger partial charge in [0.2, 0.25) is 11.9 Å². The van der Waals surface area contributed by atoms with Gasteiger partial charge in [-0.3, -0.25) is 10.1 Å². The summed E-state index contributed by atoms with van der Waals surface area (Å²) in [5.41, 5.74) is 1.73. The maximum Gasteiger partial charge on any atom is 0.233 e. The minimum Gasteiger partial charge on any atom is -0.341 e. The zero-order chi connectivity index (χ0) is 14.8. The lowest BCUT2D eigenvalue weighted by Crippen LogP contribution is -2.16. The zero-order valence-electron chi connectivity index (χ0n) is 10.6. The third-order valence-corrected chi connectivity index (χ3v) is 3.26. The van der Waals surface area contributed by atoms with Crippen LogP contribution in [0.1, 0.15) is 5.56 Å². The number of H-pyrrole nitrogens is 1. The minimum absolute atomic E-state index is 0.117. The maximum atomic E-state index is 12.0. The van der Waals surface area contributed by atoms with Crippen molar-refractivity contribution < 1.29 is 4.79 Å². The molecule has 0 atom stereocenters.